The number of aromatic hydroxyl groups is 1. The summed E-state index contributed by atoms with van der Waals surface area (Å²) in [4.78, 5) is 2.40. The summed E-state index contributed by atoms with van der Waals surface area (Å²) in [6.07, 6.45) is 0. The number of hydrogen-bond acceptors (Lipinski definition) is 5. The lowest BCUT2D eigenvalue weighted by molar-refractivity contribution is 0.180. The highest BCUT2D eigenvalue weighted by Gasteiger charge is 2.29. The molecule has 0 radical (unpaired) electrons. The first-order valence-electron chi connectivity index (χ1n) is 9.65. The van der Waals surface area contributed by atoms with Crippen LogP contribution in [0.5, 0.6) is 11.5 Å². The Kier molecular flexibility index (Phi) is 5.88. The predicted octanol–water partition coefficient (Wildman–Crippen LogP) is 3.71. The minimum absolute atomic E-state index is 0.229. The summed E-state index contributed by atoms with van der Waals surface area (Å²) in [6.45, 7) is 2.46. The first-order chi connectivity index (χ1) is 14.4. The van der Waals surface area contributed by atoms with Gasteiger partial charge >= 0.3 is 0 Å². The zero-order valence-electron chi connectivity index (χ0n) is 16.6. The molecule has 158 valence electrons. The number of nitrogens with zero attached hydrogens (tertiary/aromatic N) is 2. The van der Waals surface area contributed by atoms with Gasteiger partial charge in [-0.25, -0.2) is 8.42 Å². The van der Waals surface area contributed by atoms with Gasteiger partial charge in [-0.15, -0.1) is 0 Å². The van der Waals surface area contributed by atoms with Gasteiger partial charge in [-0.2, -0.15) is 4.31 Å². The Morgan fingerprint density at radius 1 is 1.00 bits per heavy atom. The van der Waals surface area contributed by atoms with Crippen LogP contribution >= 0.6 is 11.6 Å². The second-order valence-corrected chi connectivity index (χ2v) is 9.66. The van der Waals surface area contributed by atoms with Gasteiger partial charge in [-0.1, -0.05) is 23.7 Å². The number of hydrogen-bond donors (Lipinski definition) is 1. The SMILES string of the molecule is COc1ccc2ccc(O)c(CN3CCN(S(=O)(=O)c4ccc(Cl)cc4)CC3)c2c1. The maximum Gasteiger partial charge on any atom is 0.243 e. The van der Waals surface area contributed by atoms with Crippen molar-refractivity contribution in [1.29, 1.82) is 0 Å². The number of sulfonamides is 1. The van der Waals surface area contributed by atoms with Gasteiger partial charge in [0.05, 0.1) is 12.0 Å². The molecule has 0 unspecified atom stereocenters. The average molecular weight is 447 g/mol. The molecule has 0 bridgehead atoms. The molecule has 0 aliphatic carbocycles. The number of benzene rings is 3. The Bertz CT molecular complexity index is 1160. The van der Waals surface area contributed by atoms with Gasteiger partial charge in [-0.3, -0.25) is 4.90 Å². The van der Waals surface area contributed by atoms with Gasteiger partial charge in [0.2, 0.25) is 10.0 Å². The van der Waals surface area contributed by atoms with Crippen molar-refractivity contribution in [1.82, 2.24) is 9.21 Å². The molecule has 1 aliphatic rings. The van der Waals surface area contributed by atoms with Gasteiger partial charge in [0.1, 0.15) is 11.5 Å². The van der Waals surface area contributed by atoms with Crippen LogP contribution in [0.4, 0.5) is 0 Å². The van der Waals surface area contributed by atoms with Gasteiger partial charge in [0.15, 0.2) is 0 Å². The van der Waals surface area contributed by atoms with E-state index in [9.17, 15) is 13.5 Å². The number of piperazine rings is 1. The van der Waals surface area contributed by atoms with Crippen molar-refractivity contribution in [2.75, 3.05) is 33.3 Å². The molecule has 0 amide bonds. The van der Waals surface area contributed by atoms with E-state index in [0.29, 0.717) is 37.7 Å². The Balaban J connectivity index is 1.50. The fourth-order valence-corrected chi connectivity index (χ4v) is 5.30. The quantitative estimate of drug-likeness (QED) is 0.647. The van der Waals surface area contributed by atoms with Crippen LogP contribution in [-0.4, -0.2) is 56.0 Å². The van der Waals surface area contributed by atoms with Crippen LogP contribution in [0.15, 0.2) is 59.5 Å². The van der Waals surface area contributed by atoms with Crippen LogP contribution in [0.3, 0.4) is 0 Å². The van der Waals surface area contributed by atoms with Crippen molar-refractivity contribution in [3.05, 3.63) is 65.2 Å². The van der Waals surface area contributed by atoms with E-state index in [2.05, 4.69) is 4.90 Å². The monoisotopic (exact) mass is 446 g/mol. The van der Waals surface area contributed by atoms with Crippen LogP contribution < -0.4 is 4.74 Å². The molecule has 1 N–H and O–H groups in total. The molecule has 0 spiro atoms. The highest BCUT2D eigenvalue weighted by molar-refractivity contribution is 7.89. The van der Waals surface area contributed by atoms with Gasteiger partial charge in [0, 0.05) is 43.3 Å². The largest absolute Gasteiger partial charge is 0.508 e. The number of ether oxygens (including phenoxy) is 1. The third-order valence-electron chi connectivity index (χ3n) is 5.48. The van der Waals surface area contributed by atoms with Crippen molar-refractivity contribution in [2.45, 2.75) is 11.4 Å². The normalized spacial score (nSPS) is 16.1. The lowest BCUT2D eigenvalue weighted by Crippen LogP contribution is -2.48. The molecule has 1 heterocycles. The predicted molar refractivity (Wildman–Crippen MR) is 118 cm³/mol. The number of halogens is 1. The summed E-state index contributed by atoms with van der Waals surface area (Å²) in [5.74, 6) is 0.959. The Labute approximate surface area is 181 Å². The minimum atomic E-state index is -3.54. The molecule has 1 saturated heterocycles. The second kappa shape index (κ2) is 8.43. The highest BCUT2D eigenvalue weighted by atomic mass is 35.5. The molecular weight excluding hydrogens is 424 g/mol. The van der Waals surface area contributed by atoms with Crippen molar-refractivity contribution >= 4 is 32.4 Å². The molecule has 3 aromatic carbocycles. The topological polar surface area (TPSA) is 70.1 Å². The molecule has 1 aliphatic heterocycles. The van der Waals surface area contributed by atoms with E-state index in [-0.39, 0.29) is 10.6 Å². The lowest BCUT2D eigenvalue weighted by atomic mass is 10.0. The maximum absolute atomic E-state index is 12.9. The van der Waals surface area contributed by atoms with Crippen molar-refractivity contribution < 1.29 is 18.3 Å². The standard InChI is InChI=1S/C22H23ClN2O4S/c1-29-18-6-2-16-3-9-22(26)21(20(16)14-18)15-24-10-12-25(13-11-24)30(27,28)19-7-4-17(23)5-8-19/h2-9,14,26H,10-13,15H2,1H3. The summed E-state index contributed by atoms with van der Waals surface area (Å²) < 4.78 is 32.6. The fraction of sp³-hybridized carbons (Fsp3) is 0.273. The van der Waals surface area contributed by atoms with E-state index in [0.717, 1.165) is 22.1 Å². The molecule has 3 aromatic rings. The third kappa shape index (κ3) is 4.11. The molecule has 0 atom stereocenters. The summed E-state index contributed by atoms with van der Waals surface area (Å²) in [5, 5.41) is 12.9. The van der Waals surface area contributed by atoms with E-state index < -0.39 is 10.0 Å². The molecule has 0 saturated carbocycles. The van der Waals surface area contributed by atoms with Gasteiger partial charge in [-0.05, 0) is 53.2 Å². The summed E-state index contributed by atoms with van der Waals surface area (Å²) in [5.41, 5.74) is 0.820. The summed E-state index contributed by atoms with van der Waals surface area (Å²) >= 11 is 5.87. The first-order valence-corrected chi connectivity index (χ1v) is 11.5. The number of rotatable bonds is 5. The molecule has 0 aromatic heterocycles. The number of phenols is 1. The zero-order valence-corrected chi connectivity index (χ0v) is 18.2. The van der Waals surface area contributed by atoms with Crippen LogP contribution in [0.25, 0.3) is 10.8 Å². The average Bonchev–Trinajstić information content (AvgIpc) is 2.76. The van der Waals surface area contributed by atoms with E-state index in [1.165, 1.54) is 16.4 Å². The maximum atomic E-state index is 12.9. The van der Waals surface area contributed by atoms with Crippen molar-refractivity contribution in [3.63, 3.8) is 0 Å². The molecule has 6 nitrogen and oxygen atoms in total. The van der Waals surface area contributed by atoms with Crippen LogP contribution in [0, 0.1) is 0 Å². The van der Waals surface area contributed by atoms with Crippen LogP contribution in [0.2, 0.25) is 5.02 Å². The van der Waals surface area contributed by atoms with E-state index in [1.54, 1.807) is 25.3 Å². The third-order valence-corrected chi connectivity index (χ3v) is 7.64. The zero-order chi connectivity index (χ0) is 21.3. The highest BCUT2D eigenvalue weighted by Crippen LogP contribution is 2.31. The number of phenolic OH excluding ortho intramolecular Hbond substituents is 1. The molecule has 4 rings (SSSR count). The van der Waals surface area contributed by atoms with Crippen molar-refractivity contribution in [3.8, 4) is 11.5 Å². The van der Waals surface area contributed by atoms with Gasteiger partial charge in [0.25, 0.3) is 0 Å². The van der Waals surface area contributed by atoms with E-state index in [4.69, 9.17) is 16.3 Å². The van der Waals surface area contributed by atoms with Crippen molar-refractivity contribution in [2.24, 2.45) is 0 Å². The first kappa shape index (κ1) is 20.9. The Morgan fingerprint density at radius 2 is 1.67 bits per heavy atom. The smallest absolute Gasteiger partial charge is 0.243 e. The minimum Gasteiger partial charge on any atom is -0.508 e. The molecule has 8 heteroatoms. The van der Waals surface area contributed by atoms with E-state index >= 15 is 0 Å². The van der Waals surface area contributed by atoms with Crippen LogP contribution in [0.1, 0.15) is 5.56 Å². The molecule has 30 heavy (non-hydrogen) atoms. The number of fused-ring (bicyclic) bond motifs is 1. The molecule has 1 fully saturated rings. The Morgan fingerprint density at radius 3 is 2.33 bits per heavy atom. The lowest BCUT2D eigenvalue weighted by Gasteiger charge is -2.34. The second-order valence-electron chi connectivity index (χ2n) is 7.28. The summed E-state index contributed by atoms with van der Waals surface area (Å²) in [6, 6.07) is 15.6. The Hall–Kier alpha value is -2.32. The van der Waals surface area contributed by atoms with Gasteiger partial charge < -0.3 is 9.84 Å². The van der Waals surface area contributed by atoms with Crippen LogP contribution in [-0.2, 0) is 16.6 Å². The van der Waals surface area contributed by atoms with E-state index in [1.807, 2.05) is 24.3 Å². The molecular formula is C22H23ClN2O4S. The summed E-state index contributed by atoms with van der Waals surface area (Å²) in [7, 11) is -1.93. The number of methoxy groups -OCH3 is 1. The fourth-order valence-electron chi connectivity index (χ4n) is 3.75.